The van der Waals surface area contributed by atoms with Gasteiger partial charge in [0.15, 0.2) is 0 Å². The van der Waals surface area contributed by atoms with Crippen LogP contribution in [-0.4, -0.2) is 25.9 Å². The van der Waals surface area contributed by atoms with E-state index in [0.29, 0.717) is 41.2 Å². The Morgan fingerprint density at radius 1 is 1.18 bits per heavy atom. The van der Waals surface area contributed by atoms with E-state index in [1.54, 1.807) is 42.5 Å². The molecule has 1 N–H and O–H groups in total. The summed E-state index contributed by atoms with van der Waals surface area (Å²) < 4.78 is 10.6. The highest BCUT2D eigenvalue weighted by Gasteiger charge is 2.14. The zero-order chi connectivity index (χ0) is 15.9. The number of ether oxygens (including phenoxy) is 2. The molecular formula is C17H17NO4. The van der Waals surface area contributed by atoms with Crippen molar-refractivity contribution in [3.05, 3.63) is 53.6 Å². The van der Waals surface area contributed by atoms with Gasteiger partial charge in [0.2, 0.25) is 0 Å². The highest BCUT2D eigenvalue weighted by atomic mass is 16.5. The molecular weight excluding hydrogens is 282 g/mol. The minimum Gasteiger partial charge on any atom is -0.496 e. The average Bonchev–Trinajstić information content (AvgIpc) is 2.56. The molecule has 0 heterocycles. The predicted octanol–water partition coefficient (Wildman–Crippen LogP) is 3.16. The zero-order valence-corrected chi connectivity index (χ0v) is 12.5. The summed E-state index contributed by atoms with van der Waals surface area (Å²) >= 11 is 0. The number of benzene rings is 2. The van der Waals surface area contributed by atoms with Crippen LogP contribution in [0.2, 0.25) is 0 Å². The molecule has 0 bridgehead atoms. The van der Waals surface area contributed by atoms with Crippen LogP contribution in [0.4, 0.5) is 5.69 Å². The van der Waals surface area contributed by atoms with Gasteiger partial charge in [-0.15, -0.1) is 0 Å². The Balaban J connectivity index is 2.32. The number of amides is 1. The van der Waals surface area contributed by atoms with E-state index in [9.17, 15) is 9.59 Å². The van der Waals surface area contributed by atoms with Crippen LogP contribution >= 0.6 is 0 Å². The first kappa shape index (κ1) is 15.6. The summed E-state index contributed by atoms with van der Waals surface area (Å²) in [6, 6.07) is 11.8. The van der Waals surface area contributed by atoms with E-state index in [1.807, 2.05) is 6.92 Å². The third-order valence-electron chi connectivity index (χ3n) is 3.04. The monoisotopic (exact) mass is 299 g/mol. The van der Waals surface area contributed by atoms with Gasteiger partial charge in [0, 0.05) is 5.56 Å². The second-order valence-corrected chi connectivity index (χ2v) is 4.46. The first-order valence-corrected chi connectivity index (χ1v) is 6.86. The normalized spacial score (nSPS) is 9.91. The second-order valence-electron chi connectivity index (χ2n) is 4.46. The molecule has 0 saturated carbocycles. The highest BCUT2D eigenvalue weighted by molar-refractivity contribution is 6.07. The molecule has 0 atom stereocenters. The summed E-state index contributed by atoms with van der Waals surface area (Å²) in [5, 5.41) is 2.76. The molecule has 1 amide bonds. The Morgan fingerprint density at radius 2 is 1.95 bits per heavy atom. The maximum absolute atomic E-state index is 12.4. The molecule has 0 unspecified atom stereocenters. The maximum Gasteiger partial charge on any atom is 0.259 e. The molecule has 0 aliphatic heterocycles. The third-order valence-corrected chi connectivity index (χ3v) is 3.04. The molecule has 5 heteroatoms. The van der Waals surface area contributed by atoms with E-state index in [1.165, 1.54) is 7.11 Å². The number of nitrogens with one attached hydrogen (secondary N) is 1. The molecule has 0 aliphatic rings. The first-order chi connectivity index (χ1) is 10.7. The largest absolute Gasteiger partial charge is 0.496 e. The Morgan fingerprint density at radius 3 is 2.64 bits per heavy atom. The molecule has 0 fully saturated rings. The number of rotatable bonds is 6. The summed E-state index contributed by atoms with van der Waals surface area (Å²) in [7, 11) is 1.50. The molecule has 0 aliphatic carbocycles. The van der Waals surface area contributed by atoms with Crippen molar-refractivity contribution in [3.63, 3.8) is 0 Å². The smallest absolute Gasteiger partial charge is 0.259 e. The second kappa shape index (κ2) is 7.26. The fraction of sp³-hybridized carbons (Fsp3) is 0.176. The third kappa shape index (κ3) is 3.44. The topological polar surface area (TPSA) is 64.6 Å². The molecule has 0 radical (unpaired) electrons. The van der Waals surface area contributed by atoms with Crippen molar-refractivity contribution in [2.45, 2.75) is 6.92 Å². The summed E-state index contributed by atoms with van der Waals surface area (Å²) in [5.41, 5.74) is 1.31. The molecule has 0 saturated heterocycles. The van der Waals surface area contributed by atoms with Gasteiger partial charge in [-0.3, -0.25) is 9.59 Å². The molecule has 2 aromatic carbocycles. The molecule has 0 spiro atoms. The Kier molecular flexibility index (Phi) is 5.14. The van der Waals surface area contributed by atoms with Crippen molar-refractivity contribution < 1.29 is 19.1 Å². The fourth-order valence-electron chi connectivity index (χ4n) is 2.02. The highest BCUT2D eigenvalue weighted by Crippen LogP contribution is 2.27. The summed E-state index contributed by atoms with van der Waals surface area (Å²) in [6.07, 6.45) is 0.717. The van der Waals surface area contributed by atoms with Gasteiger partial charge in [-0.2, -0.15) is 0 Å². The summed E-state index contributed by atoms with van der Waals surface area (Å²) in [6.45, 7) is 2.30. The van der Waals surface area contributed by atoms with Gasteiger partial charge in [0.05, 0.1) is 25.0 Å². The van der Waals surface area contributed by atoms with Gasteiger partial charge in [-0.1, -0.05) is 12.1 Å². The minimum atomic E-state index is -0.332. The number of carbonyl (C=O) groups excluding carboxylic acids is 2. The number of hydrogen-bond donors (Lipinski definition) is 1. The van der Waals surface area contributed by atoms with Crippen LogP contribution in [0.5, 0.6) is 11.5 Å². The van der Waals surface area contributed by atoms with E-state index in [2.05, 4.69) is 5.32 Å². The standard InChI is InChI=1S/C17H17NO4/c1-3-22-16-9-8-12(11-19)10-14(16)18-17(20)13-6-4-5-7-15(13)21-2/h4-11H,3H2,1-2H3,(H,18,20). The van der Waals surface area contributed by atoms with Gasteiger partial charge >= 0.3 is 0 Å². The van der Waals surface area contributed by atoms with Gasteiger partial charge in [-0.25, -0.2) is 0 Å². The molecule has 5 nitrogen and oxygen atoms in total. The maximum atomic E-state index is 12.4. The van der Waals surface area contributed by atoms with Gasteiger partial charge < -0.3 is 14.8 Å². The van der Waals surface area contributed by atoms with Gasteiger partial charge in [-0.05, 0) is 37.3 Å². The van der Waals surface area contributed by atoms with Crippen molar-refractivity contribution in [2.75, 3.05) is 19.0 Å². The van der Waals surface area contributed by atoms with Crippen molar-refractivity contribution in [2.24, 2.45) is 0 Å². The van der Waals surface area contributed by atoms with E-state index in [-0.39, 0.29) is 5.91 Å². The first-order valence-electron chi connectivity index (χ1n) is 6.86. The van der Waals surface area contributed by atoms with Crippen molar-refractivity contribution >= 4 is 17.9 Å². The SMILES string of the molecule is CCOc1ccc(C=O)cc1NC(=O)c1ccccc1OC. The Labute approximate surface area is 128 Å². The quantitative estimate of drug-likeness (QED) is 0.832. The lowest BCUT2D eigenvalue weighted by atomic mass is 10.1. The predicted molar refractivity (Wildman–Crippen MR) is 83.9 cm³/mol. The summed E-state index contributed by atoms with van der Waals surface area (Å²) in [5.74, 6) is 0.655. The van der Waals surface area contributed by atoms with Crippen LogP contribution < -0.4 is 14.8 Å². The van der Waals surface area contributed by atoms with Gasteiger partial charge in [0.25, 0.3) is 5.91 Å². The molecule has 114 valence electrons. The van der Waals surface area contributed by atoms with E-state index >= 15 is 0 Å². The number of para-hydroxylation sites is 1. The van der Waals surface area contributed by atoms with Crippen LogP contribution in [0.15, 0.2) is 42.5 Å². The Bertz CT molecular complexity index is 682. The fourth-order valence-corrected chi connectivity index (χ4v) is 2.02. The average molecular weight is 299 g/mol. The lowest BCUT2D eigenvalue weighted by Gasteiger charge is -2.13. The molecule has 22 heavy (non-hydrogen) atoms. The van der Waals surface area contributed by atoms with E-state index < -0.39 is 0 Å². The van der Waals surface area contributed by atoms with Crippen molar-refractivity contribution in [1.29, 1.82) is 0 Å². The van der Waals surface area contributed by atoms with Crippen LogP contribution in [0.25, 0.3) is 0 Å². The van der Waals surface area contributed by atoms with E-state index in [0.717, 1.165) is 0 Å². The number of aldehydes is 1. The van der Waals surface area contributed by atoms with Crippen molar-refractivity contribution in [3.8, 4) is 11.5 Å². The van der Waals surface area contributed by atoms with E-state index in [4.69, 9.17) is 9.47 Å². The number of carbonyl (C=O) groups is 2. The number of methoxy groups -OCH3 is 1. The summed E-state index contributed by atoms with van der Waals surface area (Å²) in [4.78, 5) is 23.3. The zero-order valence-electron chi connectivity index (χ0n) is 12.5. The molecule has 0 aromatic heterocycles. The Hall–Kier alpha value is -2.82. The van der Waals surface area contributed by atoms with Gasteiger partial charge in [0.1, 0.15) is 17.8 Å². The lowest BCUT2D eigenvalue weighted by Crippen LogP contribution is -2.14. The molecule has 2 rings (SSSR count). The van der Waals surface area contributed by atoms with Crippen LogP contribution in [-0.2, 0) is 0 Å². The number of hydrogen-bond acceptors (Lipinski definition) is 4. The lowest BCUT2D eigenvalue weighted by molar-refractivity contribution is 0.102. The van der Waals surface area contributed by atoms with Crippen molar-refractivity contribution in [1.82, 2.24) is 0 Å². The van der Waals surface area contributed by atoms with Crippen LogP contribution in [0, 0.1) is 0 Å². The van der Waals surface area contributed by atoms with Crippen LogP contribution in [0.1, 0.15) is 27.6 Å². The number of anilines is 1. The van der Waals surface area contributed by atoms with Crippen LogP contribution in [0.3, 0.4) is 0 Å². The minimum absolute atomic E-state index is 0.332. The molecule has 2 aromatic rings.